The molecular formula is C89H88F14N12O5S4. The highest BCUT2D eigenvalue weighted by Crippen LogP contribution is 2.66. The van der Waals surface area contributed by atoms with Gasteiger partial charge in [0.2, 0.25) is 5.92 Å². The van der Waals surface area contributed by atoms with Gasteiger partial charge in [-0.25, -0.2) is 73.8 Å². The lowest BCUT2D eigenvalue weighted by Gasteiger charge is -2.56. The zero-order valence-corrected chi connectivity index (χ0v) is 71.7. The van der Waals surface area contributed by atoms with Crippen molar-refractivity contribution in [2.75, 3.05) is 23.8 Å². The third-order valence-electron chi connectivity index (χ3n) is 24.2. The van der Waals surface area contributed by atoms with Gasteiger partial charge in [-0.15, -0.1) is 34.5 Å². The van der Waals surface area contributed by atoms with Crippen LogP contribution < -0.4 is 33.6 Å². The number of nitrogens with zero attached hydrogens (tertiary/aromatic N) is 6. The van der Waals surface area contributed by atoms with Gasteiger partial charge in [-0.1, -0.05) is 91.0 Å². The van der Waals surface area contributed by atoms with Crippen molar-refractivity contribution >= 4 is 91.8 Å². The van der Waals surface area contributed by atoms with Gasteiger partial charge >= 0.3 is 11.8 Å². The lowest BCUT2D eigenvalue weighted by atomic mass is 9.64. The van der Waals surface area contributed by atoms with E-state index in [1.807, 2.05) is 71.4 Å². The normalized spacial score (nSPS) is 25.0. The maximum absolute atomic E-state index is 16.1. The molecule has 4 spiro atoms. The number of ether oxygens (including phenoxy) is 3. The first-order valence-corrected chi connectivity index (χ1v) is 42.9. The van der Waals surface area contributed by atoms with Crippen LogP contribution in [0.4, 0.5) is 72.8 Å². The molecule has 10 N–H and O–H groups in total. The van der Waals surface area contributed by atoms with Crippen LogP contribution in [0.15, 0.2) is 164 Å². The number of pyridine rings is 2. The maximum atomic E-state index is 16.1. The summed E-state index contributed by atoms with van der Waals surface area (Å²) < 4.78 is 222. The number of hydrogen-bond acceptors (Lipinski definition) is 19. The van der Waals surface area contributed by atoms with Crippen molar-refractivity contribution in [1.82, 2.24) is 9.97 Å². The van der Waals surface area contributed by atoms with E-state index in [1.165, 1.54) is 85.1 Å². The average molecular weight is 1800 g/mol. The molecule has 1 saturated heterocycles. The molecule has 5 aliphatic heterocycles. The minimum absolute atomic E-state index is 0.0202. The highest BCUT2D eigenvalue weighted by atomic mass is 32.2. The first-order chi connectivity index (χ1) is 58.2. The summed E-state index contributed by atoms with van der Waals surface area (Å²) in [5, 5.41) is 9.37. The molecule has 0 radical (unpaired) electrons. The lowest BCUT2D eigenvalue weighted by Crippen LogP contribution is -2.72. The number of benzene rings is 4. The van der Waals surface area contributed by atoms with Crippen molar-refractivity contribution in [3.05, 3.63) is 211 Å². The summed E-state index contributed by atoms with van der Waals surface area (Å²) in [6, 6.07) is 31.2. The van der Waals surface area contributed by atoms with E-state index in [1.54, 1.807) is 34.6 Å². The number of halogens is 14. The summed E-state index contributed by atoms with van der Waals surface area (Å²) in [7, 11) is 0. The summed E-state index contributed by atoms with van der Waals surface area (Å²) in [5.74, 6) is -10.7. The number of nitrogens with one attached hydrogen (secondary N) is 2. The second-order valence-electron chi connectivity index (χ2n) is 32.5. The van der Waals surface area contributed by atoms with Gasteiger partial charge < -0.3 is 47.8 Å². The fourth-order valence-electron chi connectivity index (χ4n) is 17.3. The number of anilines is 2. The number of thiophene rings is 2. The molecule has 656 valence electrons. The number of thioether (sulfide) groups is 2. The average Bonchev–Trinajstić information content (AvgIpc) is 0.838. The first kappa shape index (κ1) is 91.5. The summed E-state index contributed by atoms with van der Waals surface area (Å²) in [6.07, 6.45) is 0.763. The molecule has 16 rings (SSSR count). The topological polar surface area (TPSA) is 265 Å². The van der Waals surface area contributed by atoms with Gasteiger partial charge in [0, 0.05) is 58.3 Å². The van der Waals surface area contributed by atoms with Crippen molar-refractivity contribution in [3.8, 4) is 45.9 Å². The van der Waals surface area contributed by atoms with Gasteiger partial charge in [-0.3, -0.25) is 9.59 Å². The zero-order chi connectivity index (χ0) is 89.9. The first-order valence-electron chi connectivity index (χ1n) is 39.5. The van der Waals surface area contributed by atoms with Gasteiger partial charge in [0.15, 0.2) is 43.7 Å². The Balaban J connectivity index is 0.000000142. The quantitative estimate of drug-likeness (QED) is 0.0550. The Labute approximate surface area is 723 Å². The maximum Gasteiger partial charge on any atom is 0.315 e. The van der Waals surface area contributed by atoms with E-state index in [9.17, 15) is 35.9 Å². The van der Waals surface area contributed by atoms with Gasteiger partial charge in [-0.2, -0.15) is 17.6 Å². The molecular weight excluding hydrogens is 1710 g/mol. The molecule has 35 heteroatoms. The van der Waals surface area contributed by atoms with Crippen LogP contribution in [0.1, 0.15) is 189 Å². The molecule has 3 aliphatic carbocycles. The number of rotatable bonds is 10. The minimum atomic E-state index is -3.84. The Morgan fingerprint density at radius 3 is 1.26 bits per heavy atom. The van der Waals surface area contributed by atoms with Gasteiger partial charge in [0.05, 0.1) is 34.7 Å². The Hall–Kier alpha value is -10.2. The SMILES string of the molecule is CC#Cc1cccc(-c2csc(C3(C)N=C(N)SC4(CCCCC4)C3(F)F)c2)c1.CC#Cc1cccc(-c2csc(C3(C)N=C(N)SC4(CCOCC4)C3(F)F)c2)c1.Cc1ccc(NC(=O)c2ccc(F)cn2)cc1C1(C)N=C(N)OC2(CC(F)(F)C2)C1(F)F.Cc1ccc(NC(=O)c2ccc(F)cn2)cc1C1(C)N=C(N)OC2(CCC(F)(F)CC2)C1(F)F. The van der Waals surface area contributed by atoms with Crippen molar-refractivity contribution in [1.29, 1.82) is 0 Å². The number of aliphatic imine (C=N–C) groups is 4. The molecule has 4 fully saturated rings. The van der Waals surface area contributed by atoms with Crippen LogP contribution >= 0.6 is 46.2 Å². The van der Waals surface area contributed by atoms with E-state index in [4.69, 9.17) is 37.1 Å². The monoisotopic (exact) mass is 1800 g/mol. The molecule has 3 saturated carbocycles. The zero-order valence-electron chi connectivity index (χ0n) is 68.4. The molecule has 4 atom stereocenters. The minimum Gasteiger partial charge on any atom is -0.452 e. The molecule has 4 unspecified atom stereocenters. The number of nitrogens with two attached hydrogens (primary N) is 4. The van der Waals surface area contributed by atoms with E-state index >= 15 is 35.1 Å². The van der Waals surface area contributed by atoms with E-state index in [0.717, 1.165) is 108 Å². The predicted octanol–water partition coefficient (Wildman–Crippen LogP) is 20.7. The van der Waals surface area contributed by atoms with Gasteiger partial charge in [0.1, 0.15) is 23.0 Å². The van der Waals surface area contributed by atoms with Gasteiger partial charge in [0.25, 0.3) is 41.6 Å². The number of aryl methyl sites for hydroxylation is 2. The third-order valence-corrected chi connectivity index (χ3v) is 29.2. The Bertz CT molecular complexity index is 5490. The number of carbonyl (C=O) groups is 2. The van der Waals surface area contributed by atoms with E-state index in [2.05, 4.69) is 64.3 Å². The Morgan fingerprint density at radius 2 is 0.855 bits per heavy atom. The van der Waals surface area contributed by atoms with Crippen LogP contribution in [-0.2, 0) is 36.4 Å². The van der Waals surface area contributed by atoms with Crippen LogP contribution in [0.25, 0.3) is 22.3 Å². The molecule has 4 aromatic carbocycles. The van der Waals surface area contributed by atoms with E-state index in [-0.39, 0.29) is 57.1 Å². The summed E-state index contributed by atoms with van der Waals surface area (Å²) in [6.45, 7) is 12.7. The fraction of sp³-hybridized carbons (Fsp3) is 0.416. The number of carbonyl (C=O) groups excluding carboxylic acids is 2. The number of hydrogen-bond donors (Lipinski definition) is 6. The van der Waals surface area contributed by atoms with Crippen LogP contribution in [0, 0.1) is 49.2 Å². The fourth-order valence-corrected chi connectivity index (χ4v) is 22.2. The highest BCUT2D eigenvalue weighted by molar-refractivity contribution is 8.15. The molecule has 124 heavy (non-hydrogen) atoms. The standard InChI is InChI=1S/C23H23F5N4O2.C23H24F2N2S2.C22H22F2N2OS2.C21H19F5N4O2/c1-13-3-5-15(31-18(33)17-6-4-14(24)12-30-17)11-16(13)20(2)23(27,28)21(34-19(29)32-20)7-9-22(25,26)10-8-21;1-3-8-16-9-7-10-17(13-16)18-14-19(28-15-18)21(2)23(24,25)22(29-20(26)27-21)11-5-4-6-12-22;1-3-5-15-6-4-7-16(12-15)17-13-18(28-14-17)20(2)22(23,24)21(29-19(25)26-20)8-10-27-11-9-21;1-11-3-5-13(29-16(31)15-6-4-12(22)8-28-15)7-14(11)18(2)21(25,26)19(32-17(27)30-18)9-20(23,24)10-19/h3-6,11-12H,7-10H2,1-2H3,(H2,29,32)(H,31,33);7,9-10,13-15H,4-6,11-12H2,1-2H3,(H2,26,27);4,6-7,12-14H,8-11H2,1-2H3,(H2,25,26);3-8H,9-10H2,1-2H3,(H2,27,30)(H,29,31). The second-order valence-corrected chi connectivity index (χ2v) is 37.1. The molecule has 4 aromatic heterocycles. The Morgan fingerprint density at radius 1 is 0.444 bits per heavy atom. The third kappa shape index (κ3) is 16.8. The largest absolute Gasteiger partial charge is 0.452 e. The number of amides is 2. The van der Waals surface area contributed by atoms with Crippen molar-refractivity contribution in [2.45, 2.75) is 217 Å². The summed E-state index contributed by atoms with van der Waals surface area (Å²) in [5.41, 5.74) is 17.4. The smallest absolute Gasteiger partial charge is 0.315 e. The van der Waals surface area contributed by atoms with Gasteiger partial charge in [-0.05, 0) is 234 Å². The van der Waals surface area contributed by atoms with E-state index in [0.29, 0.717) is 46.9 Å². The molecule has 9 heterocycles. The Kier molecular flexibility index (Phi) is 25.0. The van der Waals surface area contributed by atoms with Crippen LogP contribution in [0.2, 0.25) is 0 Å². The number of alkyl halides is 12. The summed E-state index contributed by atoms with van der Waals surface area (Å²) in [4.78, 5) is 49.7. The van der Waals surface area contributed by atoms with Crippen LogP contribution in [-0.4, -0.2) is 114 Å². The molecule has 2 amide bonds. The van der Waals surface area contributed by atoms with Crippen LogP contribution in [0.3, 0.4) is 0 Å². The van der Waals surface area contributed by atoms with Crippen LogP contribution in [0.5, 0.6) is 0 Å². The second kappa shape index (κ2) is 33.9. The number of amidine groups is 4. The lowest BCUT2D eigenvalue weighted by molar-refractivity contribution is -0.313. The molecule has 17 nitrogen and oxygen atoms in total. The highest BCUT2D eigenvalue weighted by Gasteiger charge is 2.79. The van der Waals surface area contributed by atoms with Crippen molar-refractivity contribution in [3.63, 3.8) is 0 Å². The van der Waals surface area contributed by atoms with Crippen molar-refractivity contribution < 1.29 is 85.3 Å². The predicted molar refractivity (Wildman–Crippen MR) is 456 cm³/mol. The molecule has 0 bridgehead atoms. The summed E-state index contributed by atoms with van der Waals surface area (Å²) >= 11 is 4.74. The molecule has 8 aliphatic rings. The van der Waals surface area contributed by atoms with Crippen molar-refractivity contribution in [2.24, 2.45) is 42.9 Å². The molecule has 8 aromatic rings. The van der Waals surface area contributed by atoms with E-state index < -0.39 is 152 Å². The number of aromatic nitrogens is 2.